The van der Waals surface area contributed by atoms with Gasteiger partial charge < -0.3 is 10.6 Å². The van der Waals surface area contributed by atoms with Gasteiger partial charge in [0.2, 0.25) is 5.95 Å². The van der Waals surface area contributed by atoms with Crippen LogP contribution in [0.15, 0.2) is 66.7 Å². The number of rotatable bonds is 5. The number of nitrogens with one attached hydrogen (secondary N) is 2. The Hall–Kier alpha value is -2.88. The highest BCUT2D eigenvalue weighted by atomic mass is 15.1. The number of aromatic nitrogens is 2. The van der Waals surface area contributed by atoms with Gasteiger partial charge in [-0.3, -0.25) is 0 Å². The Balaban J connectivity index is 1.97. The molecule has 22 heavy (non-hydrogen) atoms. The summed E-state index contributed by atoms with van der Waals surface area (Å²) in [4.78, 5) is 9.08. The highest BCUT2D eigenvalue weighted by Crippen LogP contribution is 2.23. The summed E-state index contributed by atoms with van der Waals surface area (Å²) in [5.41, 5.74) is 2.97. The Labute approximate surface area is 130 Å². The van der Waals surface area contributed by atoms with Gasteiger partial charge in [-0.1, -0.05) is 48.5 Å². The first kappa shape index (κ1) is 14.1. The van der Waals surface area contributed by atoms with E-state index in [0.717, 1.165) is 29.3 Å². The third kappa shape index (κ3) is 3.41. The van der Waals surface area contributed by atoms with E-state index in [9.17, 15) is 0 Å². The van der Waals surface area contributed by atoms with Gasteiger partial charge in [0.25, 0.3) is 0 Å². The average Bonchev–Trinajstić information content (AvgIpc) is 2.57. The topological polar surface area (TPSA) is 49.8 Å². The van der Waals surface area contributed by atoms with Gasteiger partial charge in [0.05, 0.1) is 5.69 Å². The maximum absolute atomic E-state index is 4.57. The molecule has 0 unspecified atom stereocenters. The van der Waals surface area contributed by atoms with Crippen LogP contribution >= 0.6 is 0 Å². The maximum Gasteiger partial charge on any atom is 0.225 e. The molecule has 4 heteroatoms. The van der Waals surface area contributed by atoms with Gasteiger partial charge in [-0.2, -0.15) is 4.98 Å². The number of hydrogen-bond donors (Lipinski definition) is 2. The zero-order chi connectivity index (χ0) is 15.2. The van der Waals surface area contributed by atoms with E-state index >= 15 is 0 Å². The average molecular weight is 290 g/mol. The molecule has 0 aliphatic rings. The van der Waals surface area contributed by atoms with Gasteiger partial charge in [-0.15, -0.1) is 0 Å². The van der Waals surface area contributed by atoms with Crippen LogP contribution in [-0.2, 0) is 0 Å². The highest BCUT2D eigenvalue weighted by molar-refractivity contribution is 5.67. The van der Waals surface area contributed by atoms with E-state index in [1.54, 1.807) is 0 Å². The lowest BCUT2D eigenvalue weighted by Crippen LogP contribution is -2.05. The molecule has 0 saturated heterocycles. The molecule has 0 atom stereocenters. The molecular formula is C18H18N4. The molecular weight excluding hydrogens is 272 g/mol. The van der Waals surface area contributed by atoms with Crippen molar-refractivity contribution in [1.82, 2.24) is 9.97 Å². The first-order valence-corrected chi connectivity index (χ1v) is 7.35. The van der Waals surface area contributed by atoms with Crippen LogP contribution in [0.5, 0.6) is 0 Å². The second kappa shape index (κ2) is 6.72. The van der Waals surface area contributed by atoms with Crippen molar-refractivity contribution in [3.63, 3.8) is 0 Å². The standard InChI is InChI=1S/C18H18N4/c1-2-19-18-21-16(14-9-5-3-6-10-14)13-17(22-18)20-15-11-7-4-8-12-15/h3-13H,2H2,1H3,(H2,19,20,21,22). The van der Waals surface area contributed by atoms with Crippen molar-refractivity contribution in [2.75, 3.05) is 17.2 Å². The Morgan fingerprint density at radius 3 is 2.23 bits per heavy atom. The predicted octanol–water partition coefficient (Wildman–Crippen LogP) is 4.32. The summed E-state index contributed by atoms with van der Waals surface area (Å²) in [6.45, 7) is 2.81. The third-order valence-corrected chi connectivity index (χ3v) is 3.18. The molecule has 3 aromatic rings. The molecule has 1 aromatic heterocycles. The Kier molecular flexibility index (Phi) is 4.30. The van der Waals surface area contributed by atoms with E-state index in [1.807, 2.05) is 73.7 Å². The van der Waals surface area contributed by atoms with Gasteiger partial charge in [0.1, 0.15) is 5.82 Å². The van der Waals surface area contributed by atoms with Crippen molar-refractivity contribution in [3.05, 3.63) is 66.7 Å². The number of para-hydroxylation sites is 1. The monoisotopic (exact) mass is 290 g/mol. The summed E-state index contributed by atoms with van der Waals surface area (Å²) in [5.74, 6) is 1.40. The van der Waals surface area contributed by atoms with E-state index in [-0.39, 0.29) is 0 Å². The van der Waals surface area contributed by atoms with Crippen molar-refractivity contribution >= 4 is 17.5 Å². The lowest BCUT2D eigenvalue weighted by Gasteiger charge is -2.10. The van der Waals surface area contributed by atoms with Crippen LogP contribution in [0.2, 0.25) is 0 Å². The summed E-state index contributed by atoms with van der Waals surface area (Å²) in [6.07, 6.45) is 0. The van der Waals surface area contributed by atoms with Gasteiger partial charge >= 0.3 is 0 Å². The minimum absolute atomic E-state index is 0.627. The van der Waals surface area contributed by atoms with E-state index in [2.05, 4.69) is 20.6 Å². The molecule has 4 nitrogen and oxygen atoms in total. The summed E-state index contributed by atoms with van der Waals surface area (Å²) < 4.78 is 0. The molecule has 2 N–H and O–H groups in total. The van der Waals surface area contributed by atoms with Gasteiger partial charge in [0, 0.05) is 23.9 Å². The number of hydrogen-bond acceptors (Lipinski definition) is 4. The summed E-state index contributed by atoms with van der Waals surface area (Å²) in [6, 6.07) is 22.1. The molecule has 0 aliphatic heterocycles. The first-order valence-electron chi connectivity index (χ1n) is 7.35. The second-order valence-electron chi connectivity index (χ2n) is 4.85. The van der Waals surface area contributed by atoms with Crippen LogP contribution in [0.1, 0.15) is 6.92 Å². The van der Waals surface area contributed by atoms with Crippen molar-refractivity contribution < 1.29 is 0 Å². The second-order valence-corrected chi connectivity index (χ2v) is 4.85. The zero-order valence-electron chi connectivity index (χ0n) is 12.5. The molecule has 0 radical (unpaired) electrons. The molecule has 2 aromatic carbocycles. The number of benzene rings is 2. The van der Waals surface area contributed by atoms with Crippen LogP contribution in [0.3, 0.4) is 0 Å². The normalized spacial score (nSPS) is 10.2. The van der Waals surface area contributed by atoms with Crippen LogP contribution < -0.4 is 10.6 Å². The minimum atomic E-state index is 0.627. The smallest absolute Gasteiger partial charge is 0.225 e. The number of nitrogens with zero attached hydrogens (tertiary/aromatic N) is 2. The zero-order valence-corrected chi connectivity index (χ0v) is 12.5. The SMILES string of the molecule is CCNc1nc(Nc2ccccc2)cc(-c2ccccc2)n1. The van der Waals surface area contributed by atoms with Gasteiger partial charge in [0.15, 0.2) is 0 Å². The van der Waals surface area contributed by atoms with Gasteiger partial charge in [-0.05, 0) is 19.1 Å². The van der Waals surface area contributed by atoms with Gasteiger partial charge in [-0.25, -0.2) is 4.98 Å². The fourth-order valence-electron chi connectivity index (χ4n) is 2.17. The van der Waals surface area contributed by atoms with Crippen LogP contribution in [0, 0.1) is 0 Å². The molecule has 110 valence electrons. The number of anilines is 3. The largest absolute Gasteiger partial charge is 0.354 e. The van der Waals surface area contributed by atoms with E-state index in [0.29, 0.717) is 5.95 Å². The van der Waals surface area contributed by atoms with E-state index in [4.69, 9.17) is 0 Å². The Morgan fingerprint density at radius 2 is 1.55 bits per heavy atom. The van der Waals surface area contributed by atoms with Crippen molar-refractivity contribution in [2.45, 2.75) is 6.92 Å². The predicted molar refractivity (Wildman–Crippen MR) is 91.4 cm³/mol. The molecule has 0 aliphatic carbocycles. The summed E-state index contributed by atoms with van der Waals surface area (Å²) >= 11 is 0. The Bertz CT molecular complexity index is 727. The van der Waals surface area contributed by atoms with Crippen molar-refractivity contribution in [1.29, 1.82) is 0 Å². The summed E-state index contributed by atoms with van der Waals surface area (Å²) in [5, 5.41) is 6.50. The fourth-order valence-corrected chi connectivity index (χ4v) is 2.17. The highest BCUT2D eigenvalue weighted by Gasteiger charge is 2.06. The molecule has 0 bridgehead atoms. The first-order chi connectivity index (χ1) is 10.8. The molecule has 0 amide bonds. The van der Waals surface area contributed by atoms with Crippen molar-refractivity contribution in [3.8, 4) is 11.3 Å². The lowest BCUT2D eigenvalue weighted by atomic mass is 10.1. The lowest BCUT2D eigenvalue weighted by molar-refractivity contribution is 1.09. The molecule has 0 fully saturated rings. The molecule has 0 saturated carbocycles. The fraction of sp³-hybridized carbons (Fsp3) is 0.111. The minimum Gasteiger partial charge on any atom is -0.354 e. The summed E-state index contributed by atoms with van der Waals surface area (Å²) in [7, 11) is 0. The molecule has 0 spiro atoms. The molecule has 3 rings (SSSR count). The van der Waals surface area contributed by atoms with Crippen LogP contribution in [0.25, 0.3) is 11.3 Å². The van der Waals surface area contributed by atoms with Crippen molar-refractivity contribution in [2.24, 2.45) is 0 Å². The molecule has 1 heterocycles. The maximum atomic E-state index is 4.57. The van der Waals surface area contributed by atoms with Crippen LogP contribution in [0.4, 0.5) is 17.5 Å². The van der Waals surface area contributed by atoms with E-state index in [1.165, 1.54) is 0 Å². The quantitative estimate of drug-likeness (QED) is 0.734. The van der Waals surface area contributed by atoms with Crippen LogP contribution in [-0.4, -0.2) is 16.5 Å². The Morgan fingerprint density at radius 1 is 0.864 bits per heavy atom. The van der Waals surface area contributed by atoms with E-state index < -0.39 is 0 Å². The third-order valence-electron chi connectivity index (χ3n) is 3.18.